The van der Waals surface area contributed by atoms with E-state index in [4.69, 9.17) is 39.8 Å². The average molecular weight is 509 g/mol. The van der Waals surface area contributed by atoms with Crippen molar-refractivity contribution in [2.24, 2.45) is 4.99 Å². The lowest BCUT2D eigenvalue weighted by Gasteiger charge is -2.25. The molecule has 1 aliphatic rings. The third-order valence-corrected chi connectivity index (χ3v) is 6.30. The van der Waals surface area contributed by atoms with E-state index in [0.717, 1.165) is 10.0 Å². The van der Waals surface area contributed by atoms with Gasteiger partial charge in [-0.15, -0.1) is 0 Å². The highest BCUT2D eigenvalue weighted by Crippen LogP contribution is 2.39. The van der Waals surface area contributed by atoms with Gasteiger partial charge in [0.2, 0.25) is 0 Å². The van der Waals surface area contributed by atoms with E-state index in [1.54, 1.807) is 36.4 Å². The molecule has 3 nitrogen and oxygen atoms in total. The van der Waals surface area contributed by atoms with Gasteiger partial charge in [0.1, 0.15) is 5.84 Å². The minimum absolute atomic E-state index is 0.206. The van der Waals surface area contributed by atoms with Gasteiger partial charge in [0.15, 0.2) is 5.54 Å². The maximum absolute atomic E-state index is 13.3. The fraction of sp³-hybridized carbons (Fsp3) is 0.0909. The molecule has 0 bridgehead atoms. The number of nitrogens with one attached hydrogen (secondary N) is 1. The molecule has 1 amide bonds. The van der Waals surface area contributed by atoms with Crippen LogP contribution in [0.5, 0.6) is 0 Å². The summed E-state index contributed by atoms with van der Waals surface area (Å²) in [6, 6.07) is 20.0. The van der Waals surface area contributed by atoms with Crippen LogP contribution in [0.3, 0.4) is 0 Å². The van der Waals surface area contributed by atoms with E-state index >= 15 is 0 Å². The van der Waals surface area contributed by atoms with Gasteiger partial charge in [-0.3, -0.25) is 4.79 Å². The van der Waals surface area contributed by atoms with Gasteiger partial charge in [-0.2, -0.15) is 0 Å². The molecule has 29 heavy (non-hydrogen) atoms. The Bertz CT molecular complexity index is 1110. The summed E-state index contributed by atoms with van der Waals surface area (Å²) in [5.41, 5.74) is 0.898. The van der Waals surface area contributed by atoms with Gasteiger partial charge in [-0.1, -0.05) is 81.1 Å². The van der Waals surface area contributed by atoms with Crippen molar-refractivity contribution in [3.8, 4) is 0 Å². The van der Waals surface area contributed by atoms with Crippen LogP contribution in [-0.2, 0) is 16.8 Å². The third-order valence-electron chi connectivity index (χ3n) is 4.82. The van der Waals surface area contributed by atoms with Crippen LogP contribution in [0.1, 0.15) is 16.7 Å². The summed E-state index contributed by atoms with van der Waals surface area (Å²) < 4.78 is 0.940. The first-order valence-corrected chi connectivity index (χ1v) is 10.7. The fourth-order valence-corrected chi connectivity index (χ4v) is 4.33. The van der Waals surface area contributed by atoms with Gasteiger partial charge in [0, 0.05) is 31.5 Å². The summed E-state index contributed by atoms with van der Waals surface area (Å²) in [4.78, 5) is 18.2. The fourth-order valence-electron chi connectivity index (χ4n) is 3.35. The number of hydrogen-bond donors (Lipinski definition) is 1. The van der Waals surface area contributed by atoms with E-state index in [1.165, 1.54) is 0 Å². The zero-order valence-corrected chi connectivity index (χ0v) is 18.8. The second kappa shape index (κ2) is 8.11. The van der Waals surface area contributed by atoms with Crippen molar-refractivity contribution in [1.29, 1.82) is 0 Å². The van der Waals surface area contributed by atoms with Gasteiger partial charge >= 0.3 is 0 Å². The molecule has 3 aromatic rings. The molecule has 0 fully saturated rings. The Balaban J connectivity index is 1.89. The van der Waals surface area contributed by atoms with Gasteiger partial charge < -0.3 is 5.32 Å². The van der Waals surface area contributed by atoms with Crippen molar-refractivity contribution in [2.45, 2.75) is 12.0 Å². The Hall–Kier alpha value is -1.85. The molecule has 1 N–H and O–H groups in total. The molecule has 0 aliphatic carbocycles. The van der Waals surface area contributed by atoms with Gasteiger partial charge in [0.25, 0.3) is 5.91 Å². The van der Waals surface area contributed by atoms with E-state index < -0.39 is 5.54 Å². The van der Waals surface area contributed by atoms with Crippen LogP contribution in [-0.4, -0.2) is 11.7 Å². The first-order valence-electron chi connectivity index (χ1n) is 8.75. The first-order chi connectivity index (χ1) is 13.9. The van der Waals surface area contributed by atoms with Crippen molar-refractivity contribution in [3.05, 3.63) is 103 Å². The quantitative estimate of drug-likeness (QED) is 0.434. The molecule has 0 aromatic heterocycles. The van der Waals surface area contributed by atoms with Crippen molar-refractivity contribution < 1.29 is 4.79 Å². The summed E-state index contributed by atoms with van der Waals surface area (Å²) in [7, 11) is 0. The van der Waals surface area contributed by atoms with Crippen LogP contribution in [0.15, 0.2) is 76.2 Å². The lowest BCUT2D eigenvalue weighted by atomic mass is 9.84. The Labute approximate surface area is 191 Å². The SMILES string of the molecule is O=C1NC(c2ccc(Br)cc2)=NC1(Cc1c(Cl)cccc1Cl)c1cccc(Cl)c1. The number of aliphatic imine (C=N–C) groups is 1. The minimum Gasteiger partial charge on any atom is -0.308 e. The lowest BCUT2D eigenvalue weighted by molar-refractivity contribution is -0.124. The summed E-state index contributed by atoms with van der Waals surface area (Å²) in [6.45, 7) is 0. The van der Waals surface area contributed by atoms with Gasteiger partial charge in [-0.05, 0) is 47.5 Å². The molecule has 3 aromatic carbocycles. The molecular formula is C22H14BrCl3N2O. The smallest absolute Gasteiger partial charge is 0.258 e. The predicted octanol–water partition coefficient (Wildman–Crippen LogP) is 6.42. The number of benzene rings is 3. The van der Waals surface area contributed by atoms with Crippen LogP contribution in [0.25, 0.3) is 0 Å². The summed E-state index contributed by atoms with van der Waals surface area (Å²) in [6.07, 6.45) is 0.206. The number of hydrogen-bond acceptors (Lipinski definition) is 2. The summed E-state index contributed by atoms with van der Waals surface area (Å²) >= 11 is 22.5. The zero-order chi connectivity index (χ0) is 20.6. The zero-order valence-electron chi connectivity index (χ0n) is 14.9. The normalized spacial score (nSPS) is 18.5. The van der Waals surface area contributed by atoms with E-state index in [-0.39, 0.29) is 12.3 Å². The minimum atomic E-state index is -1.23. The number of nitrogens with zero attached hydrogens (tertiary/aromatic N) is 1. The second-order valence-corrected chi connectivity index (χ2v) is 8.84. The predicted molar refractivity (Wildman–Crippen MR) is 122 cm³/mol. The highest BCUT2D eigenvalue weighted by molar-refractivity contribution is 9.10. The molecule has 7 heteroatoms. The Kier molecular flexibility index (Phi) is 5.71. The molecule has 1 unspecified atom stereocenters. The van der Waals surface area contributed by atoms with Crippen molar-refractivity contribution in [2.75, 3.05) is 0 Å². The number of amides is 1. The summed E-state index contributed by atoms with van der Waals surface area (Å²) in [5.74, 6) is 0.235. The molecule has 0 radical (unpaired) electrons. The lowest BCUT2D eigenvalue weighted by Crippen LogP contribution is -2.39. The van der Waals surface area contributed by atoms with E-state index in [9.17, 15) is 4.79 Å². The number of amidine groups is 1. The van der Waals surface area contributed by atoms with Crippen LogP contribution in [0.4, 0.5) is 0 Å². The average Bonchev–Trinajstić information content (AvgIpc) is 3.03. The largest absolute Gasteiger partial charge is 0.308 e. The van der Waals surface area contributed by atoms with E-state index in [2.05, 4.69) is 21.2 Å². The van der Waals surface area contributed by atoms with E-state index in [0.29, 0.717) is 32.0 Å². The highest BCUT2D eigenvalue weighted by Gasteiger charge is 2.46. The maximum Gasteiger partial charge on any atom is 0.258 e. The third kappa shape index (κ3) is 3.95. The Morgan fingerprint density at radius 1 is 0.931 bits per heavy atom. The number of halogens is 4. The molecule has 1 aliphatic heterocycles. The standard InChI is InChI=1S/C22H14BrCl3N2O/c23-15-9-7-13(8-10-15)20-27-21(29)22(28-20,14-3-1-4-16(24)11-14)12-17-18(25)5-2-6-19(17)26/h1-11H,12H2,(H,27,28,29). The highest BCUT2D eigenvalue weighted by atomic mass is 79.9. The van der Waals surface area contributed by atoms with Gasteiger partial charge in [-0.25, -0.2) is 4.99 Å². The number of carbonyl (C=O) groups is 1. The molecule has 4 rings (SSSR count). The molecule has 146 valence electrons. The number of rotatable bonds is 4. The molecular weight excluding hydrogens is 495 g/mol. The molecule has 0 saturated heterocycles. The van der Waals surface area contributed by atoms with Crippen molar-refractivity contribution >= 4 is 62.5 Å². The topological polar surface area (TPSA) is 41.5 Å². The maximum atomic E-state index is 13.3. The Morgan fingerprint density at radius 3 is 2.24 bits per heavy atom. The van der Waals surface area contributed by atoms with Crippen LogP contribution in [0.2, 0.25) is 15.1 Å². The Morgan fingerprint density at radius 2 is 1.59 bits per heavy atom. The van der Waals surface area contributed by atoms with Crippen molar-refractivity contribution in [3.63, 3.8) is 0 Å². The van der Waals surface area contributed by atoms with Crippen LogP contribution < -0.4 is 5.32 Å². The van der Waals surface area contributed by atoms with Crippen LogP contribution >= 0.6 is 50.7 Å². The first kappa shape index (κ1) is 20.4. The monoisotopic (exact) mass is 506 g/mol. The van der Waals surface area contributed by atoms with E-state index in [1.807, 2.05) is 30.3 Å². The second-order valence-electron chi connectivity index (χ2n) is 6.67. The molecule has 1 atom stereocenters. The molecule has 0 spiro atoms. The summed E-state index contributed by atoms with van der Waals surface area (Å²) in [5, 5.41) is 4.42. The van der Waals surface area contributed by atoms with Gasteiger partial charge in [0.05, 0.1) is 0 Å². The molecule has 1 heterocycles. The van der Waals surface area contributed by atoms with Crippen LogP contribution in [0, 0.1) is 0 Å². The van der Waals surface area contributed by atoms with Crippen molar-refractivity contribution in [1.82, 2.24) is 5.32 Å². The number of carbonyl (C=O) groups excluding carboxylic acids is 1. The molecule has 0 saturated carbocycles.